The Morgan fingerprint density at radius 2 is 2.10 bits per heavy atom. The second-order valence-corrected chi connectivity index (χ2v) is 6.58. The SMILES string of the molecule is CNCC(C)c1ccc(CN2CCOC3CCCC32)cc1. The summed E-state index contributed by atoms with van der Waals surface area (Å²) in [6.07, 6.45) is 4.38. The number of nitrogens with zero attached hydrogens (tertiary/aromatic N) is 1. The number of hydrogen-bond acceptors (Lipinski definition) is 3. The summed E-state index contributed by atoms with van der Waals surface area (Å²) < 4.78 is 5.90. The fourth-order valence-corrected chi connectivity index (χ4v) is 3.81. The number of ether oxygens (including phenoxy) is 1. The number of likely N-dealkylation sites (N-methyl/N-ethyl adjacent to an activating group) is 1. The molecule has 0 bridgehead atoms. The first kappa shape index (κ1) is 15.0. The molecule has 2 aliphatic rings. The number of hydrogen-bond donors (Lipinski definition) is 1. The molecule has 1 saturated heterocycles. The summed E-state index contributed by atoms with van der Waals surface area (Å²) in [6.45, 7) is 6.37. The van der Waals surface area contributed by atoms with Gasteiger partial charge < -0.3 is 10.1 Å². The van der Waals surface area contributed by atoms with Crippen LogP contribution in [0.4, 0.5) is 0 Å². The van der Waals surface area contributed by atoms with Crippen LogP contribution in [0.1, 0.15) is 43.2 Å². The highest BCUT2D eigenvalue weighted by molar-refractivity contribution is 5.25. The van der Waals surface area contributed by atoms with Crippen LogP contribution in [-0.4, -0.2) is 43.8 Å². The quantitative estimate of drug-likeness (QED) is 0.901. The molecule has 3 heteroatoms. The van der Waals surface area contributed by atoms with Gasteiger partial charge >= 0.3 is 0 Å². The van der Waals surface area contributed by atoms with Gasteiger partial charge in [-0.1, -0.05) is 31.2 Å². The highest BCUT2D eigenvalue weighted by Crippen LogP contribution is 2.30. The Kier molecular flexibility index (Phi) is 4.94. The van der Waals surface area contributed by atoms with E-state index in [2.05, 4.69) is 41.4 Å². The van der Waals surface area contributed by atoms with Crippen LogP contribution < -0.4 is 5.32 Å². The third-order valence-corrected chi connectivity index (χ3v) is 5.04. The lowest BCUT2D eigenvalue weighted by Crippen LogP contribution is -2.47. The second-order valence-electron chi connectivity index (χ2n) is 6.58. The zero-order valence-corrected chi connectivity index (χ0v) is 13.3. The van der Waals surface area contributed by atoms with Gasteiger partial charge in [-0.05, 0) is 43.4 Å². The molecule has 3 rings (SSSR count). The van der Waals surface area contributed by atoms with E-state index in [1.165, 1.54) is 30.4 Å². The van der Waals surface area contributed by atoms with E-state index in [1.54, 1.807) is 0 Å². The first-order valence-electron chi connectivity index (χ1n) is 8.37. The van der Waals surface area contributed by atoms with E-state index >= 15 is 0 Å². The summed E-state index contributed by atoms with van der Waals surface area (Å²) in [5, 5.41) is 3.25. The van der Waals surface area contributed by atoms with E-state index < -0.39 is 0 Å². The summed E-state index contributed by atoms with van der Waals surface area (Å²) >= 11 is 0. The van der Waals surface area contributed by atoms with Gasteiger partial charge in [-0.25, -0.2) is 0 Å². The van der Waals surface area contributed by atoms with Crippen LogP contribution in [0.25, 0.3) is 0 Å². The van der Waals surface area contributed by atoms with Crippen molar-refractivity contribution in [3.8, 4) is 0 Å². The molecule has 1 aromatic rings. The monoisotopic (exact) mass is 288 g/mol. The van der Waals surface area contributed by atoms with E-state index in [0.29, 0.717) is 18.1 Å². The van der Waals surface area contributed by atoms with Crippen molar-refractivity contribution >= 4 is 0 Å². The van der Waals surface area contributed by atoms with Crippen molar-refractivity contribution in [1.82, 2.24) is 10.2 Å². The fraction of sp³-hybridized carbons (Fsp3) is 0.667. The Morgan fingerprint density at radius 1 is 1.29 bits per heavy atom. The summed E-state index contributed by atoms with van der Waals surface area (Å²) in [4.78, 5) is 2.63. The average Bonchev–Trinajstić information content (AvgIpc) is 2.98. The van der Waals surface area contributed by atoms with E-state index in [4.69, 9.17) is 4.74 Å². The van der Waals surface area contributed by atoms with Crippen molar-refractivity contribution in [2.75, 3.05) is 26.7 Å². The normalized spacial score (nSPS) is 27.5. The largest absolute Gasteiger partial charge is 0.375 e. The maximum Gasteiger partial charge on any atom is 0.0731 e. The van der Waals surface area contributed by atoms with E-state index in [1.807, 2.05) is 7.05 Å². The van der Waals surface area contributed by atoms with Crippen molar-refractivity contribution in [1.29, 1.82) is 0 Å². The Labute approximate surface area is 128 Å². The van der Waals surface area contributed by atoms with Crippen molar-refractivity contribution in [2.24, 2.45) is 0 Å². The highest BCUT2D eigenvalue weighted by Gasteiger charge is 2.35. The van der Waals surface area contributed by atoms with E-state index in [9.17, 15) is 0 Å². The minimum Gasteiger partial charge on any atom is -0.375 e. The van der Waals surface area contributed by atoms with Crippen LogP contribution >= 0.6 is 0 Å². The molecule has 1 N–H and O–H groups in total. The fourth-order valence-electron chi connectivity index (χ4n) is 3.81. The predicted octanol–water partition coefficient (Wildman–Crippen LogP) is 2.76. The molecule has 0 radical (unpaired) electrons. The van der Waals surface area contributed by atoms with Crippen LogP contribution in [0.5, 0.6) is 0 Å². The number of fused-ring (bicyclic) bond motifs is 1. The topological polar surface area (TPSA) is 24.5 Å². The third kappa shape index (κ3) is 3.47. The Hall–Kier alpha value is -0.900. The first-order valence-corrected chi connectivity index (χ1v) is 8.37. The molecule has 1 aliphatic heterocycles. The van der Waals surface area contributed by atoms with Crippen molar-refractivity contribution in [3.05, 3.63) is 35.4 Å². The molecule has 3 atom stereocenters. The highest BCUT2D eigenvalue weighted by atomic mass is 16.5. The number of rotatable bonds is 5. The van der Waals surface area contributed by atoms with Gasteiger partial charge in [0.2, 0.25) is 0 Å². The Bertz CT molecular complexity index is 445. The maximum atomic E-state index is 5.90. The number of nitrogens with one attached hydrogen (secondary N) is 1. The van der Waals surface area contributed by atoms with Gasteiger partial charge in [-0.15, -0.1) is 0 Å². The van der Waals surface area contributed by atoms with Crippen molar-refractivity contribution < 1.29 is 4.74 Å². The van der Waals surface area contributed by atoms with Gasteiger partial charge in [-0.2, -0.15) is 0 Å². The van der Waals surface area contributed by atoms with Gasteiger partial charge in [0.15, 0.2) is 0 Å². The molecule has 0 spiro atoms. The van der Waals surface area contributed by atoms with Gasteiger partial charge in [0.05, 0.1) is 12.7 Å². The maximum absolute atomic E-state index is 5.90. The van der Waals surface area contributed by atoms with Gasteiger partial charge in [0.1, 0.15) is 0 Å². The van der Waals surface area contributed by atoms with Crippen LogP contribution in [0.2, 0.25) is 0 Å². The zero-order chi connectivity index (χ0) is 14.7. The molecule has 116 valence electrons. The van der Waals surface area contributed by atoms with Gasteiger partial charge in [0, 0.05) is 25.7 Å². The van der Waals surface area contributed by atoms with Gasteiger partial charge in [-0.3, -0.25) is 4.90 Å². The molecule has 1 aromatic carbocycles. The lowest BCUT2D eigenvalue weighted by Gasteiger charge is -2.37. The molecule has 3 nitrogen and oxygen atoms in total. The second kappa shape index (κ2) is 6.91. The van der Waals surface area contributed by atoms with Crippen LogP contribution in [0.15, 0.2) is 24.3 Å². The van der Waals surface area contributed by atoms with Crippen LogP contribution in [0.3, 0.4) is 0 Å². The van der Waals surface area contributed by atoms with Crippen molar-refractivity contribution in [2.45, 2.75) is 50.8 Å². The molecule has 1 aliphatic carbocycles. The predicted molar refractivity (Wildman–Crippen MR) is 86.6 cm³/mol. The smallest absolute Gasteiger partial charge is 0.0731 e. The molecule has 0 amide bonds. The zero-order valence-electron chi connectivity index (χ0n) is 13.3. The van der Waals surface area contributed by atoms with E-state index in [0.717, 1.165) is 26.2 Å². The average molecular weight is 288 g/mol. The molecule has 2 fully saturated rings. The Morgan fingerprint density at radius 3 is 2.86 bits per heavy atom. The lowest BCUT2D eigenvalue weighted by molar-refractivity contribution is -0.0588. The molecule has 1 saturated carbocycles. The summed E-state index contributed by atoms with van der Waals surface area (Å²) in [5.74, 6) is 0.576. The molecule has 21 heavy (non-hydrogen) atoms. The molecular formula is C18H28N2O. The Balaban J connectivity index is 1.62. The first-order chi connectivity index (χ1) is 10.3. The minimum atomic E-state index is 0.494. The molecule has 3 unspecified atom stereocenters. The lowest BCUT2D eigenvalue weighted by atomic mass is 9.99. The van der Waals surface area contributed by atoms with Crippen LogP contribution in [-0.2, 0) is 11.3 Å². The summed E-state index contributed by atoms with van der Waals surface area (Å²) in [7, 11) is 2.02. The van der Waals surface area contributed by atoms with Gasteiger partial charge in [0.25, 0.3) is 0 Å². The number of morpholine rings is 1. The minimum absolute atomic E-state index is 0.494. The van der Waals surface area contributed by atoms with E-state index in [-0.39, 0.29) is 0 Å². The standard InChI is InChI=1S/C18H28N2O/c1-14(12-19-2)16-8-6-15(7-9-16)13-20-10-11-21-18-5-3-4-17(18)20/h6-9,14,17-19H,3-5,10-13H2,1-2H3. The summed E-state index contributed by atoms with van der Waals surface area (Å²) in [6, 6.07) is 9.86. The molecular weight excluding hydrogens is 260 g/mol. The van der Waals surface area contributed by atoms with Crippen LogP contribution in [0, 0.1) is 0 Å². The molecule has 0 aromatic heterocycles. The summed E-state index contributed by atoms with van der Waals surface area (Å²) in [5.41, 5.74) is 2.86. The van der Waals surface area contributed by atoms with Crippen molar-refractivity contribution in [3.63, 3.8) is 0 Å². The third-order valence-electron chi connectivity index (χ3n) is 5.04. The number of benzene rings is 1. The molecule has 1 heterocycles.